The molecule has 0 saturated heterocycles. The lowest BCUT2D eigenvalue weighted by Gasteiger charge is -2.18. The van der Waals surface area contributed by atoms with Gasteiger partial charge in [0.05, 0.1) is 23.2 Å². The van der Waals surface area contributed by atoms with Crippen molar-refractivity contribution in [1.82, 2.24) is 14.5 Å². The third-order valence-corrected chi connectivity index (χ3v) is 5.02. The smallest absolute Gasteiger partial charge is 0.287 e. The van der Waals surface area contributed by atoms with E-state index in [0.717, 1.165) is 5.56 Å². The molecule has 1 aromatic carbocycles. The summed E-state index contributed by atoms with van der Waals surface area (Å²) in [5, 5.41) is 9.59. The van der Waals surface area contributed by atoms with E-state index in [-0.39, 0.29) is 29.3 Å². The Bertz CT molecular complexity index is 1300. The van der Waals surface area contributed by atoms with E-state index in [1.54, 1.807) is 39.0 Å². The molecule has 0 atom stereocenters. The predicted octanol–water partition coefficient (Wildman–Crippen LogP) is 3.17. The number of aryl methyl sites for hydroxylation is 1. The molecule has 0 aliphatic carbocycles. The molecular weight excluding hydrogens is 404 g/mol. The summed E-state index contributed by atoms with van der Waals surface area (Å²) in [6, 6.07) is 8.40. The van der Waals surface area contributed by atoms with Gasteiger partial charge in [0.25, 0.3) is 5.56 Å². The Morgan fingerprint density at radius 1 is 1.30 bits per heavy atom. The number of nitrogens with one attached hydrogen (secondary N) is 1. The van der Waals surface area contributed by atoms with Gasteiger partial charge in [0.1, 0.15) is 5.69 Å². The molecule has 8 heteroatoms. The standard InChI is InChI=1S/C22H19ClN4O3/c1-12(2)18-19(20(28)16-7-13(3)6-14(8-16)9-24)27(22(30)26-21(18)29)11-15-4-5-25-10-17(15)23/h4-8,10,12H,11H2,1-3H3,(H,26,29,30). The first kappa shape index (κ1) is 21.2. The molecule has 3 rings (SSSR count). The Labute approximate surface area is 177 Å². The van der Waals surface area contributed by atoms with Crippen LogP contribution in [0, 0.1) is 18.3 Å². The normalized spacial score (nSPS) is 10.8. The quantitative estimate of drug-likeness (QED) is 0.635. The minimum Gasteiger partial charge on any atom is -0.287 e. The van der Waals surface area contributed by atoms with Crippen molar-refractivity contribution >= 4 is 17.4 Å². The monoisotopic (exact) mass is 422 g/mol. The first-order valence-corrected chi connectivity index (χ1v) is 9.62. The number of rotatable bonds is 5. The van der Waals surface area contributed by atoms with Crippen LogP contribution in [0.3, 0.4) is 0 Å². The number of halogens is 1. The highest BCUT2D eigenvalue weighted by Crippen LogP contribution is 2.22. The first-order valence-electron chi connectivity index (χ1n) is 9.24. The summed E-state index contributed by atoms with van der Waals surface area (Å²) in [7, 11) is 0. The van der Waals surface area contributed by atoms with Gasteiger partial charge in [-0.3, -0.25) is 24.1 Å². The van der Waals surface area contributed by atoms with Crippen molar-refractivity contribution in [2.24, 2.45) is 0 Å². The van der Waals surface area contributed by atoms with Crippen LogP contribution in [0.4, 0.5) is 0 Å². The van der Waals surface area contributed by atoms with Gasteiger partial charge in [-0.15, -0.1) is 0 Å². The maximum atomic E-state index is 13.5. The zero-order valence-electron chi connectivity index (χ0n) is 16.7. The van der Waals surface area contributed by atoms with Crippen molar-refractivity contribution in [2.45, 2.75) is 33.2 Å². The van der Waals surface area contributed by atoms with Crippen LogP contribution in [0.15, 0.2) is 46.2 Å². The maximum Gasteiger partial charge on any atom is 0.329 e. The van der Waals surface area contributed by atoms with Crippen LogP contribution in [0.1, 0.15) is 58.1 Å². The molecule has 2 aromatic heterocycles. The summed E-state index contributed by atoms with van der Waals surface area (Å²) < 4.78 is 1.22. The van der Waals surface area contributed by atoms with E-state index in [9.17, 15) is 19.6 Å². The lowest BCUT2D eigenvalue weighted by atomic mass is 9.95. The molecule has 1 N–H and O–H groups in total. The summed E-state index contributed by atoms with van der Waals surface area (Å²) >= 11 is 6.20. The van der Waals surface area contributed by atoms with Crippen LogP contribution < -0.4 is 11.2 Å². The minimum absolute atomic E-state index is 0.0129. The number of ketones is 1. The van der Waals surface area contributed by atoms with E-state index >= 15 is 0 Å². The van der Waals surface area contributed by atoms with E-state index in [0.29, 0.717) is 16.1 Å². The SMILES string of the molecule is Cc1cc(C#N)cc(C(=O)c2c(C(C)C)c(=O)[nH]c(=O)n2Cc2ccncc2Cl)c1. The van der Waals surface area contributed by atoms with Crippen LogP contribution in [-0.4, -0.2) is 20.3 Å². The Morgan fingerprint density at radius 2 is 2.03 bits per heavy atom. The summed E-state index contributed by atoms with van der Waals surface area (Å²) in [4.78, 5) is 45.1. The number of hydrogen-bond donors (Lipinski definition) is 1. The second-order valence-electron chi connectivity index (χ2n) is 7.26. The summed E-state index contributed by atoms with van der Waals surface area (Å²) in [5.74, 6) is -0.833. The number of aromatic amines is 1. The Balaban J connectivity index is 2.31. The van der Waals surface area contributed by atoms with Gasteiger partial charge >= 0.3 is 5.69 Å². The molecule has 3 aromatic rings. The number of benzene rings is 1. The molecule has 0 spiro atoms. The lowest BCUT2D eigenvalue weighted by molar-refractivity contribution is 0.102. The average Bonchev–Trinajstić information content (AvgIpc) is 2.69. The number of carbonyl (C=O) groups is 1. The fraction of sp³-hybridized carbons (Fsp3) is 0.227. The zero-order valence-corrected chi connectivity index (χ0v) is 17.4. The van der Waals surface area contributed by atoms with Gasteiger partial charge in [-0.1, -0.05) is 25.4 Å². The molecule has 0 radical (unpaired) electrons. The number of carbonyl (C=O) groups excluding carboxylic acids is 1. The van der Waals surface area contributed by atoms with Crippen LogP contribution in [0.2, 0.25) is 5.02 Å². The molecule has 152 valence electrons. The van der Waals surface area contributed by atoms with Crippen LogP contribution in [-0.2, 0) is 6.54 Å². The van der Waals surface area contributed by atoms with Crippen LogP contribution in [0.25, 0.3) is 0 Å². The van der Waals surface area contributed by atoms with E-state index in [1.165, 1.54) is 23.0 Å². The van der Waals surface area contributed by atoms with Crippen molar-refractivity contribution in [3.8, 4) is 6.07 Å². The highest BCUT2D eigenvalue weighted by Gasteiger charge is 2.25. The lowest BCUT2D eigenvalue weighted by Crippen LogP contribution is -2.38. The van der Waals surface area contributed by atoms with Gasteiger partial charge in [0.2, 0.25) is 5.78 Å². The molecule has 0 fully saturated rings. The Morgan fingerprint density at radius 3 is 2.67 bits per heavy atom. The molecule has 30 heavy (non-hydrogen) atoms. The second-order valence-corrected chi connectivity index (χ2v) is 7.67. The highest BCUT2D eigenvalue weighted by molar-refractivity contribution is 6.31. The largest absolute Gasteiger partial charge is 0.329 e. The van der Waals surface area contributed by atoms with Gasteiger partial charge in [0, 0.05) is 23.5 Å². The Hall–Kier alpha value is -3.50. The van der Waals surface area contributed by atoms with Crippen molar-refractivity contribution in [3.63, 3.8) is 0 Å². The topological polar surface area (TPSA) is 109 Å². The maximum absolute atomic E-state index is 13.5. The number of nitrogens with zero attached hydrogens (tertiary/aromatic N) is 3. The van der Waals surface area contributed by atoms with Gasteiger partial charge in [-0.2, -0.15) is 5.26 Å². The predicted molar refractivity (Wildman–Crippen MR) is 113 cm³/mol. The number of pyridine rings is 1. The van der Waals surface area contributed by atoms with Crippen LogP contribution >= 0.6 is 11.6 Å². The fourth-order valence-electron chi connectivity index (χ4n) is 3.34. The fourth-order valence-corrected chi connectivity index (χ4v) is 3.51. The molecule has 0 aliphatic rings. The third-order valence-electron chi connectivity index (χ3n) is 4.68. The van der Waals surface area contributed by atoms with E-state index in [4.69, 9.17) is 11.6 Å². The molecule has 2 heterocycles. The van der Waals surface area contributed by atoms with Gasteiger partial charge < -0.3 is 0 Å². The van der Waals surface area contributed by atoms with Crippen molar-refractivity contribution in [3.05, 3.63) is 96.0 Å². The molecule has 0 bridgehead atoms. The highest BCUT2D eigenvalue weighted by atomic mass is 35.5. The Kier molecular flexibility index (Phi) is 5.99. The molecule has 0 aliphatic heterocycles. The summed E-state index contributed by atoms with van der Waals surface area (Å²) in [6.45, 7) is 5.29. The summed E-state index contributed by atoms with van der Waals surface area (Å²) in [5.41, 5.74) is 0.711. The van der Waals surface area contributed by atoms with Crippen molar-refractivity contribution < 1.29 is 4.79 Å². The molecule has 0 amide bonds. The molecule has 0 saturated carbocycles. The van der Waals surface area contributed by atoms with Crippen molar-refractivity contribution in [2.75, 3.05) is 0 Å². The zero-order chi connectivity index (χ0) is 22.0. The number of H-pyrrole nitrogens is 1. The molecular formula is C22H19ClN4O3. The second kappa shape index (κ2) is 8.47. The number of hydrogen-bond acceptors (Lipinski definition) is 5. The van der Waals surface area contributed by atoms with E-state index < -0.39 is 17.0 Å². The molecule has 0 unspecified atom stereocenters. The van der Waals surface area contributed by atoms with Gasteiger partial charge in [0.15, 0.2) is 0 Å². The third kappa shape index (κ3) is 4.09. The average molecular weight is 423 g/mol. The van der Waals surface area contributed by atoms with Gasteiger partial charge in [-0.05, 0) is 48.2 Å². The minimum atomic E-state index is -0.714. The van der Waals surface area contributed by atoms with Gasteiger partial charge in [-0.25, -0.2) is 4.79 Å². The molecule has 7 nitrogen and oxygen atoms in total. The number of aromatic nitrogens is 3. The summed E-state index contributed by atoms with van der Waals surface area (Å²) in [6.07, 6.45) is 2.97. The number of nitriles is 1. The van der Waals surface area contributed by atoms with E-state index in [1.807, 2.05) is 6.07 Å². The first-order chi connectivity index (χ1) is 14.2. The van der Waals surface area contributed by atoms with Crippen molar-refractivity contribution in [1.29, 1.82) is 5.26 Å². The van der Waals surface area contributed by atoms with E-state index in [2.05, 4.69) is 9.97 Å². The van der Waals surface area contributed by atoms with Crippen LogP contribution in [0.5, 0.6) is 0 Å².